The summed E-state index contributed by atoms with van der Waals surface area (Å²) >= 11 is 1.62. The molecule has 0 fully saturated rings. The predicted octanol–water partition coefficient (Wildman–Crippen LogP) is 3.50. The van der Waals surface area contributed by atoms with Crippen molar-refractivity contribution in [1.29, 1.82) is 0 Å². The number of carbonyl (C=O) groups is 1. The van der Waals surface area contributed by atoms with E-state index in [1.54, 1.807) is 42.8 Å². The summed E-state index contributed by atoms with van der Waals surface area (Å²) in [4.78, 5) is 13.9. The Balaban J connectivity index is 1.51. The topological polar surface area (TPSA) is 64.7 Å². The van der Waals surface area contributed by atoms with E-state index in [0.717, 1.165) is 10.4 Å². The lowest BCUT2D eigenvalue weighted by Gasteiger charge is -2.17. The van der Waals surface area contributed by atoms with E-state index >= 15 is 0 Å². The quantitative estimate of drug-likeness (QED) is 0.543. The first kappa shape index (κ1) is 18.1. The van der Waals surface area contributed by atoms with Gasteiger partial charge in [-0.05, 0) is 47.8 Å². The minimum Gasteiger partial charge on any atom is -0.348 e. The first-order chi connectivity index (χ1) is 13.6. The molecule has 4 rings (SSSR count). The molecule has 6 nitrogen and oxygen atoms in total. The van der Waals surface area contributed by atoms with Crippen molar-refractivity contribution in [2.75, 3.05) is 6.54 Å². The molecule has 1 amide bonds. The zero-order chi connectivity index (χ0) is 19.5. The van der Waals surface area contributed by atoms with Crippen LogP contribution in [0.5, 0.6) is 0 Å². The average molecular weight is 395 g/mol. The summed E-state index contributed by atoms with van der Waals surface area (Å²) in [6, 6.07) is 13.5. The van der Waals surface area contributed by atoms with Crippen molar-refractivity contribution in [1.82, 2.24) is 24.9 Å². The number of thiophene rings is 1. The van der Waals surface area contributed by atoms with Crippen LogP contribution >= 0.6 is 11.3 Å². The van der Waals surface area contributed by atoms with Crippen LogP contribution < -0.4 is 5.32 Å². The van der Waals surface area contributed by atoms with Crippen LogP contribution in [0.1, 0.15) is 21.4 Å². The molecule has 8 heteroatoms. The van der Waals surface area contributed by atoms with E-state index in [-0.39, 0.29) is 17.8 Å². The summed E-state index contributed by atoms with van der Waals surface area (Å²) in [6.07, 6.45) is 3.60. The number of hydrogen-bond donors (Lipinski definition) is 1. The second-order valence-corrected chi connectivity index (χ2v) is 7.25. The molecule has 0 radical (unpaired) electrons. The summed E-state index contributed by atoms with van der Waals surface area (Å²) in [6.45, 7) is 0.401. The predicted molar refractivity (Wildman–Crippen MR) is 106 cm³/mol. The number of amides is 1. The average Bonchev–Trinajstić information content (AvgIpc) is 3.45. The molecule has 0 saturated carbocycles. The third kappa shape index (κ3) is 3.72. The van der Waals surface area contributed by atoms with Gasteiger partial charge >= 0.3 is 0 Å². The largest absolute Gasteiger partial charge is 0.348 e. The maximum absolute atomic E-state index is 13.1. The number of benzene rings is 1. The normalized spacial score (nSPS) is 12.1. The molecule has 3 heterocycles. The lowest BCUT2D eigenvalue weighted by molar-refractivity contribution is 0.0940. The summed E-state index contributed by atoms with van der Waals surface area (Å²) in [5.41, 5.74) is 1.81. The van der Waals surface area contributed by atoms with Gasteiger partial charge < -0.3 is 5.32 Å². The molecule has 28 heavy (non-hydrogen) atoms. The molecule has 0 aliphatic heterocycles. The second-order valence-electron chi connectivity index (χ2n) is 6.27. The fourth-order valence-electron chi connectivity index (χ4n) is 2.99. The van der Waals surface area contributed by atoms with E-state index in [4.69, 9.17) is 0 Å². The van der Waals surface area contributed by atoms with E-state index in [0.29, 0.717) is 17.9 Å². The Labute approximate surface area is 165 Å². The fourth-order valence-corrected chi connectivity index (χ4v) is 3.81. The molecule has 0 bridgehead atoms. The highest BCUT2D eigenvalue weighted by Crippen LogP contribution is 2.23. The molecule has 1 aromatic carbocycles. The zero-order valence-corrected chi connectivity index (χ0v) is 15.9. The van der Waals surface area contributed by atoms with E-state index < -0.39 is 0 Å². The molecule has 3 aromatic heterocycles. The van der Waals surface area contributed by atoms with Crippen LogP contribution in [0.25, 0.3) is 11.3 Å². The second kappa shape index (κ2) is 7.77. The van der Waals surface area contributed by atoms with Crippen LogP contribution in [0.4, 0.5) is 4.39 Å². The summed E-state index contributed by atoms with van der Waals surface area (Å²) < 4.78 is 16.5. The Kier molecular flexibility index (Phi) is 5.03. The van der Waals surface area contributed by atoms with Crippen LogP contribution in [-0.4, -0.2) is 32.0 Å². The Morgan fingerprint density at radius 2 is 2.07 bits per heavy atom. The van der Waals surface area contributed by atoms with Crippen molar-refractivity contribution in [3.8, 4) is 11.3 Å². The fraction of sp³-hybridized carbons (Fsp3) is 0.150. The Morgan fingerprint density at radius 3 is 2.75 bits per heavy atom. The number of nitrogens with one attached hydrogen (secondary N) is 1. The number of aromatic nitrogens is 4. The number of halogens is 1. The molecular weight excluding hydrogens is 377 g/mol. The molecule has 0 aliphatic carbocycles. The highest BCUT2D eigenvalue weighted by molar-refractivity contribution is 7.10. The van der Waals surface area contributed by atoms with Gasteiger partial charge in [0.25, 0.3) is 5.91 Å². The molecule has 1 N–H and O–H groups in total. The third-order valence-corrected chi connectivity index (χ3v) is 5.40. The van der Waals surface area contributed by atoms with Crippen molar-refractivity contribution in [2.45, 2.75) is 6.04 Å². The molecule has 0 aliphatic rings. The third-order valence-electron chi connectivity index (χ3n) is 4.42. The minimum atomic E-state index is -0.309. The van der Waals surface area contributed by atoms with Crippen molar-refractivity contribution >= 4 is 17.2 Å². The van der Waals surface area contributed by atoms with Gasteiger partial charge in [0.15, 0.2) is 0 Å². The molecular formula is C20H18FN5OS. The molecule has 0 spiro atoms. The van der Waals surface area contributed by atoms with Crippen LogP contribution in [0.3, 0.4) is 0 Å². The van der Waals surface area contributed by atoms with Gasteiger partial charge in [0.1, 0.15) is 17.6 Å². The van der Waals surface area contributed by atoms with Gasteiger partial charge in [-0.15, -0.1) is 11.3 Å². The van der Waals surface area contributed by atoms with E-state index in [1.165, 1.54) is 16.8 Å². The lowest BCUT2D eigenvalue weighted by Crippen LogP contribution is -2.32. The Hall–Kier alpha value is -3.26. The Bertz CT molecular complexity index is 1020. The van der Waals surface area contributed by atoms with Gasteiger partial charge in [-0.1, -0.05) is 6.07 Å². The minimum absolute atomic E-state index is 0.0799. The highest BCUT2D eigenvalue weighted by atomic mass is 32.1. The molecule has 4 aromatic rings. The van der Waals surface area contributed by atoms with Gasteiger partial charge in [0.05, 0.1) is 5.69 Å². The van der Waals surface area contributed by atoms with E-state index in [1.807, 2.05) is 34.5 Å². The van der Waals surface area contributed by atoms with Crippen molar-refractivity contribution in [3.05, 3.63) is 82.7 Å². The molecule has 0 unspecified atom stereocenters. The van der Waals surface area contributed by atoms with Gasteiger partial charge in [0.2, 0.25) is 0 Å². The zero-order valence-electron chi connectivity index (χ0n) is 15.1. The maximum atomic E-state index is 13.1. The first-order valence-corrected chi connectivity index (χ1v) is 9.60. The van der Waals surface area contributed by atoms with E-state index in [2.05, 4.69) is 15.5 Å². The molecule has 142 valence electrons. The van der Waals surface area contributed by atoms with Crippen molar-refractivity contribution in [3.63, 3.8) is 0 Å². The van der Waals surface area contributed by atoms with E-state index in [9.17, 15) is 9.18 Å². The van der Waals surface area contributed by atoms with Crippen molar-refractivity contribution < 1.29 is 9.18 Å². The van der Waals surface area contributed by atoms with Crippen LogP contribution in [-0.2, 0) is 7.05 Å². The van der Waals surface area contributed by atoms with Gasteiger partial charge in [-0.25, -0.2) is 4.39 Å². The lowest BCUT2D eigenvalue weighted by atomic mass is 10.1. The maximum Gasteiger partial charge on any atom is 0.269 e. The first-order valence-electron chi connectivity index (χ1n) is 8.72. The van der Waals surface area contributed by atoms with Gasteiger partial charge in [0, 0.05) is 36.4 Å². The van der Waals surface area contributed by atoms with Crippen LogP contribution in [0, 0.1) is 5.82 Å². The summed E-state index contributed by atoms with van der Waals surface area (Å²) in [5.74, 6) is -0.534. The van der Waals surface area contributed by atoms with Gasteiger partial charge in [-0.3, -0.25) is 14.2 Å². The number of nitrogens with zero attached hydrogens (tertiary/aromatic N) is 4. The summed E-state index contributed by atoms with van der Waals surface area (Å²) in [5, 5.41) is 13.7. The van der Waals surface area contributed by atoms with Gasteiger partial charge in [-0.2, -0.15) is 10.2 Å². The Morgan fingerprint density at radius 1 is 1.25 bits per heavy atom. The number of aryl methyl sites for hydroxylation is 1. The monoisotopic (exact) mass is 395 g/mol. The molecule has 1 atom stereocenters. The smallest absolute Gasteiger partial charge is 0.269 e. The molecule has 0 saturated heterocycles. The van der Waals surface area contributed by atoms with Crippen molar-refractivity contribution in [2.24, 2.45) is 7.05 Å². The van der Waals surface area contributed by atoms with Crippen LogP contribution in [0.2, 0.25) is 0 Å². The number of hydrogen-bond acceptors (Lipinski definition) is 4. The number of carbonyl (C=O) groups excluding carboxylic acids is 1. The standard InChI is InChI=1S/C20H18FN5OS/c1-25-17(12-16(24-25)14-5-7-15(21)8-6-14)20(27)22-13-18(19-4-2-11-28-19)26-10-3-9-23-26/h2-12,18H,13H2,1H3,(H,22,27)/t18-/m1/s1. The SMILES string of the molecule is Cn1nc(-c2ccc(F)cc2)cc1C(=O)NC[C@H](c1cccs1)n1cccn1. The highest BCUT2D eigenvalue weighted by Gasteiger charge is 2.19. The number of rotatable bonds is 6. The van der Waals surface area contributed by atoms with Crippen LogP contribution in [0.15, 0.2) is 66.3 Å². The summed E-state index contributed by atoms with van der Waals surface area (Å²) in [7, 11) is 1.71.